The number of carbonyl (C=O) groups excluding carboxylic acids is 3. The Morgan fingerprint density at radius 2 is 1.76 bits per heavy atom. The van der Waals surface area contributed by atoms with Crippen molar-refractivity contribution in [3.63, 3.8) is 0 Å². The molecule has 1 aromatic carbocycles. The van der Waals surface area contributed by atoms with Crippen molar-refractivity contribution in [2.45, 2.75) is 99.6 Å². The van der Waals surface area contributed by atoms with Crippen LogP contribution in [0.4, 0.5) is 20.3 Å². The summed E-state index contributed by atoms with van der Waals surface area (Å²) in [4.78, 5) is 35.8. The Morgan fingerprint density at radius 3 is 2.30 bits per heavy atom. The van der Waals surface area contributed by atoms with Gasteiger partial charge in [0.2, 0.25) is 19.2 Å². The van der Waals surface area contributed by atoms with Gasteiger partial charge < -0.3 is 20.9 Å². The van der Waals surface area contributed by atoms with Gasteiger partial charge in [-0.3, -0.25) is 24.0 Å². The average Bonchev–Trinajstić information content (AvgIpc) is 3.47. The fraction of sp³-hybridized carbons (Fsp3) is 0.526. The Labute approximate surface area is 297 Å². The van der Waals surface area contributed by atoms with Crippen LogP contribution in [0.2, 0.25) is 0 Å². The molecule has 12 heteroatoms. The van der Waals surface area contributed by atoms with E-state index < -0.39 is 6.43 Å². The maximum absolute atomic E-state index is 13.2. The number of alkyl halides is 2. The highest BCUT2D eigenvalue weighted by Crippen LogP contribution is 2.33. The number of benzene rings is 1. The first kappa shape index (κ1) is 43.5. The van der Waals surface area contributed by atoms with Crippen molar-refractivity contribution in [3.8, 4) is 11.8 Å². The van der Waals surface area contributed by atoms with Gasteiger partial charge in [-0.15, -0.1) is 0 Å². The summed E-state index contributed by atoms with van der Waals surface area (Å²) in [5, 5.41) is 13.1. The first-order chi connectivity index (χ1) is 24.2. The van der Waals surface area contributed by atoms with Gasteiger partial charge in [0.15, 0.2) is 5.82 Å². The molecular weight excluding hydrogens is 640 g/mol. The van der Waals surface area contributed by atoms with Gasteiger partial charge >= 0.3 is 0 Å². The first-order valence-corrected chi connectivity index (χ1v) is 17.5. The van der Waals surface area contributed by atoms with Crippen LogP contribution < -0.4 is 20.9 Å². The monoisotopic (exact) mass is 697 g/mol. The maximum atomic E-state index is 13.2. The van der Waals surface area contributed by atoms with Gasteiger partial charge in [-0.1, -0.05) is 58.6 Å². The number of carbonyl (C=O) groups is 3. The molecule has 276 valence electrons. The highest BCUT2D eigenvalue weighted by atomic mass is 19.3. The summed E-state index contributed by atoms with van der Waals surface area (Å²) >= 11 is 0. The second-order valence-corrected chi connectivity index (χ2v) is 11.5. The van der Waals surface area contributed by atoms with E-state index in [9.17, 15) is 23.2 Å². The molecule has 1 aliphatic rings. The Balaban J connectivity index is 0.00000141. The largest absolute Gasteiger partial charge is 0.359 e. The molecule has 0 spiro atoms. The average molecular weight is 698 g/mol. The van der Waals surface area contributed by atoms with Crippen LogP contribution in [-0.4, -0.2) is 73.1 Å². The number of amides is 3. The number of nitrogens with one attached hydrogen (secondary N) is 3. The van der Waals surface area contributed by atoms with Crippen LogP contribution in [0.3, 0.4) is 0 Å². The van der Waals surface area contributed by atoms with E-state index in [1.54, 1.807) is 6.92 Å². The van der Waals surface area contributed by atoms with Crippen LogP contribution in [0.5, 0.6) is 0 Å². The van der Waals surface area contributed by atoms with Gasteiger partial charge in [-0.2, -0.15) is 5.10 Å². The van der Waals surface area contributed by atoms with Crippen LogP contribution >= 0.6 is 0 Å². The van der Waals surface area contributed by atoms with Gasteiger partial charge in [-0.05, 0) is 70.2 Å². The van der Waals surface area contributed by atoms with E-state index in [2.05, 4.69) is 50.9 Å². The number of likely N-dealkylation sites (tertiary alicyclic amines) is 1. The molecule has 0 unspecified atom stereocenters. The highest BCUT2D eigenvalue weighted by molar-refractivity contribution is 5.74. The maximum Gasteiger partial charge on any atom is 0.263 e. The van der Waals surface area contributed by atoms with Crippen molar-refractivity contribution in [2.24, 2.45) is 0 Å². The van der Waals surface area contributed by atoms with Gasteiger partial charge in [0.25, 0.3) is 6.43 Å². The van der Waals surface area contributed by atoms with E-state index in [-0.39, 0.29) is 11.6 Å². The molecule has 1 aliphatic heterocycles. The first-order valence-electron chi connectivity index (χ1n) is 17.5. The van der Waals surface area contributed by atoms with E-state index in [0.29, 0.717) is 50.4 Å². The Bertz CT molecular complexity index is 1440. The number of piperidine rings is 1. The standard InChI is InChI=1S/C32H42F2N6O2.C4H9NO.C2H6/c1-6-10-30-28(20-35-21-41)32(39(7-2)24(4)19-23(3)31(33)34)37-40(30)27-14-17-38(18-15-27)16-9-12-26-11-8-13-29(25(26)5)36-22-42;1-2-3-5-4-6;1-2/h8,11,13,19,21-22,27,31H,3,6-7,10,14-18,20H2,1-2,4-5H3,(H,35,41)(H,36,42);4H,2-3H2,1H3,(H,5,6);1-2H3/b24-19+;;. The Hall–Kier alpha value is -4.50. The predicted octanol–water partition coefficient (Wildman–Crippen LogP) is 6.37. The number of rotatable bonds is 17. The highest BCUT2D eigenvalue weighted by Gasteiger charge is 2.28. The number of hydrogen-bond donors (Lipinski definition) is 3. The topological polar surface area (TPSA) is 112 Å². The van der Waals surface area contributed by atoms with Crippen LogP contribution in [0.25, 0.3) is 0 Å². The molecule has 0 saturated carbocycles. The summed E-state index contributed by atoms with van der Waals surface area (Å²) in [5.41, 5.74) is 4.95. The summed E-state index contributed by atoms with van der Waals surface area (Å²) in [7, 11) is 0. The fourth-order valence-corrected chi connectivity index (χ4v) is 5.57. The second kappa shape index (κ2) is 24.6. The number of nitrogens with zero attached hydrogens (tertiary/aromatic N) is 4. The second-order valence-electron chi connectivity index (χ2n) is 11.5. The summed E-state index contributed by atoms with van der Waals surface area (Å²) in [5.74, 6) is 7.21. The SMILES string of the molecule is C=C(/C=C(\C)N(CC)c1nn(C2CCN(CC#Cc3cccc(NC=O)c3C)CC2)c(CCC)c1CNC=O)C(F)F.CC.CCCNC=O. The van der Waals surface area contributed by atoms with Gasteiger partial charge in [0.1, 0.15) is 0 Å². The molecule has 0 atom stereocenters. The molecule has 1 saturated heterocycles. The van der Waals surface area contributed by atoms with E-state index in [0.717, 1.165) is 79.8 Å². The number of halogens is 2. The van der Waals surface area contributed by atoms with Crippen LogP contribution in [0, 0.1) is 18.8 Å². The molecule has 1 aromatic heterocycles. The zero-order valence-electron chi connectivity index (χ0n) is 31.0. The van der Waals surface area contributed by atoms with E-state index in [1.807, 2.05) is 57.7 Å². The molecule has 3 amide bonds. The Morgan fingerprint density at radius 1 is 1.08 bits per heavy atom. The molecule has 2 aromatic rings. The van der Waals surface area contributed by atoms with Crippen molar-refractivity contribution >= 4 is 30.7 Å². The third kappa shape index (κ3) is 13.4. The fourth-order valence-electron chi connectivity index (χ4n) is 5.57. The molecule has 2 heterocycles. The summed E-state index contributed by atoms with van der Waals surface area (Å²) < 4.78 is 28.5. The summed E-state index contributed by atoms with van der Waals surface area (Å²) in [6.45, 7) is 21.3. The quantitative estimate of drug-likeness (QED) is 0.0768. The minimum atomic E-state index is -2.63. The van der Waals surface area contributed by atoms with Crippen molar-refractivity contribution in [3.05, 3.63) is 64.5 Å². The van der Waals surface area contributed by atoms with Gasteiger partial charge in [0, 0.05) is 66.5 Å². The van der Waals surface area contributed by atoms with E-state index in [4.69, 9.17) is 5.10 Å². The lowest BCUT2D eigenvalue weighted by atomic mass is 10.0. The van der Waals surface area contributed by atoms with Gasteiger partial charge in [-0.25, -0.2) is 8.78 Å². The molecule has 0 aliphatic carbocycles. The molecule has 1 fully saturated rings. The lowest BCUT2D eigenvalue weighted by Crippen LogP contribution is -2.35. The van der Waals surface area contributed by atoms with Crippen LogP contribution in [0.15, 0.2) is 42.1 Å². The minimum absolute atomic E-state index is 0.173. The summed E-state index contributed by atoms with van der Waals surface area (Å²) in [6.07, 6.45) is 5.30. The number of anilines is 2. The minimum Gasteiger partial charge on any atom is -0.359 e. The van der Waals surface area contributed by atoms with Crippen molar-refractivity contribution in [1.29, 1.82) is 0 Å². The summed E-state index contributed by atoms with van der Waals surface area (Å²) in [6, 6.07) is 5.86. The van der Waals surface area contributed by atoms with Crippen molar-refractivity contribution in [2.75, 3.05) is 42.9 Å². The number of allylic oxidation sites excluding steroid dienone is 3. The van der Waals surface area contributed by atoms with Crippen LogP contribution in [0.1, 0.15) is 95.7 Å². The molecule has 3 rings (SSSR count). The van der Waals surface area contributed by atoms with Gasteiger partial charge in [0.05, 0.1) is 12.6 Å². The molecule has 0 radical (unpaired) electrons. The van der Waals surface area contributed by atoms with Crippen molar-refractivity contribution < 1.29 is 23.2 Å². The van der Waals surface area contributed by atoms with E-state index in [1.165, 1.54) is 6.08 Å². The molecule has 10 nitrogen and oxygen atoms in total. The lowest BCUT2D eigenvalue weighted by Gasteiger charge is -2.31. The zero-order chi connectivity index (χ0) is 37.5. The molecule has 50 heavy (non-hydrogen) atoms. The third-order valence-electron chi connectivity index (χ3n) is 8.07. The van der Waals surface area contributed by atoms with Crippen LogP contribution in [-0.2, 0) is 27.3 Å². The molecule has 0 bridgehead atoms. The number of aromatic nitrogens is 2. The van der Waals surface area contributed by atoms with E-state index >= 15 is 0 Å². The normalized spacial score (nSPS) is 13.0. The van der Waals surface area contributed by atoms with Crippen molar-refractivity contribution in [1.82, 2.24) is 25.3 Å². The molecular formula is C38H57F2N7O3. The predicted molar refractivity (Wildman–Crippen MR) is 199 cm³/mol. The lowest BCUT2D eigenvalue weighted by molar-refractivity contribution is -0.110. The third-order valence-corrected chi connectivity index (χ3v) is 8.07. The number of hydrogen-bond acceptors (Lipinski definition) is 6. The smallest absolute Gasteiger partial charge is 0.263 e. The zero-order valence-corrected chi connectivity index (χ0v) is 31.0. The Kier molecular flexibility index (Phi) is 21.4. The molecule has 3 N–H and O–H groups in total.